The van der Waals surface area contributed by atoms with Gasteiger partial charge in [0.2, 0.25) is 5.91 Å². The molecule has 2 aromatic heterocycles. The molecule has 2 fully saturated rings. The number of amides is 1. The fourth-order valence-corrected chi connectivity index (χ4v) is 4.62. The highest BCUT2D eigenvalue weighted by Crippen LogP contribution is 2.54. The van der Waals surface area contributed by atoms with E-state index >= 15 is 0 Å². The Morgan fingerprint density at radius 1 is 1.12 bits per heavy atom. The van der Waals surface area contributed by atoms with Crippen LogP contribution in [0.2, 0.25) is 0 Å². The Hall–Kier alpha value is -3.61. The maximum absolute atomic E-state index is 14.4. The highest BCUT2D eigenvalue weighted by Gasteiger charge is 2.55. The predicted molar refractivity (Wildman–Crippen MR) is 121 cm³/mol. The molecule has 0 spiro atoms. The van der Waals surface area contributed by atoms with Crippen LogP contribution in [0.3, 0.4) is 0 Å². The van der Waals surface area contributed by atoms with Gasteiger partial charge in [-0.05, 0) is 41.9 Å². The molecule has 1 N–H and O–H groups in total. The normalized spacial score (nSPS) is 21.5. The molecular weight excluding hydrogens is 405 g/mol. The largest absolute Gasteiger partial charge is 0.353 e. The second-order valence-electron chi connectivity index (χ2n) is 8.33. The average Bonchev–Trinajstić information content (AvgIpc) is 3.27. The van der Waals surface area contributed by atoms with Crippen LogP contribution in [0.5, 0.6) is 0 Å². The highest BCUT2D eigenvalue weighted by molar-refractivity contribution is 5.91. The summed E-state index contributed by atoms with van der Waals surface area (Å²) < 4.78 is 14.4. The summed E-state index contributed by atoms with van der Waals surface area (Å²) in [5.41, 5.74) is 1.77. The number of halogens is 1. The Balaban J connectivity index is 1.11. The van der Waals surface area contributed by atoms with Gasteiger partial charge in [-0.2, -0.15) is 0 Å². The molecule has 7 heteroatoms. The van der Waals surface area contributed by atoms with Gasteiger partial charge in [0.15, 0.2) is 17.5 Å². The smallest absolute Gasteiger partial charge is 0.244 e. The third-order valence-corrected chi connectivity index (χ3v) is 6.32. The van der Waals surface area contributed by atoms with Crippen LogP contribution in [0.1, 0.15) is 12.0 Å². The first-order chi connectivity index (χ1) is 15.7. The molecule has 2 aliphatic rings. The van der Waals surface area contributed by atoms with E-state index in [1.165, 1.54) is 12.3 Å². The number of hydrogen-bond donors (Lipinski definition) is 1. The van der Waals surface area contributed by atoms with Crippen molar-refractivity contribution in [2.45, 2.75) is 6.42 Å². The maximum atomic E-state index is 14.4. The summed E-state index contributed by atoms with van der Waals surface area (Å²) in [5, 5.41) is 2.95. The molecule has 3 aromatic rings. The van der Waals surface area contributed by atoms with Gasteiger partial charge in [-0.1, -0.05) is 36.4 Å². The zero-order chi connectivity index (χ0) is 21.9. The number of fused-ring (bicyclic) bond motifs is 1. The van der Waals surface area contributed by atoms with E-state index in [9.17, 15) is 9.18 Å². The predicted octanol–water partition coefficient (Wildman–Crippen LogP) is 3.58. The molecule has 0 bridgehead atoms. The number of hydrogen-bond acceptors (Lipinski definition) is 5. The lowest BCUT2D eigenvalue weighted by Gasteiger charge is -2.21. The number of aromatic nitrogens is 3. The van der Waals surface area contributed by atoms with Crippen molar-refractivity contribution in [2.75, 3.05) is 24.5 Å². The number of nitrogens with one attached hydrogen (secondary N) is 1. The van der Waals surface area contributed by atoms with Crippen molar-refractivity contribution in [1.82, 2.24) is 20.3 Å². The van der Waals surface area contributed by atoms with Crippen molar-refractivity contribution in [3.05, 3.63) is 78.5 Å². The maximum Gasteiger partial charge on any atom is 0.244 e. The van der Waals surface area contributed by atoms with Crippen LogP contribution in [0, 0.1) is 23.6 Å². The van der Waals surface area contributed by atoms with Crippen LogP contribution in [-0.4, -0.2) is 40.5 Å². The molecular formula is C25H24FN5O. The lowest BCUT2D eigenvalue weighted by Crippen LogP contribution is -2.28. The van der Waals surface area contributed by atoms with Crippen molar-refractivity contribution in [1.29, 1.82) is 0 Å². The summed E-state index contributed by atoms with van der Waals surface area (Å²) in [6, 6.07) is 13.4. The van der Waals surface area contributed by atoms with Gasteiger partial charge in [0, 0.05) is 43.7 Å². The lowest BCUT2D eigenvalue weighted by atomic mass is 10.2. The van der Waals surface area contributed by atoms with Crippen LogP contribution in [0.25, 0.3) is 17.5 Å². The molecule has 3 heterocycles. The summed E-state index contributed by atoms with van der Waals surface area (Å²) in [7, 11) is 0. The summed E-state index contributed by atoms with van der Waals surface area (Å²) in [5.74, 6) is 2.10. The van der Waals surface area contributed by atoms with Gasteiger partial charge in [0.1, 0.15) is 0 Å². The zero-order valence-corrected chi connectivity index (χ0v) is 17.6. The zero-order valence-electron chi connectivity index (χ0n) is 17.6. The fraction of sp³-hybridized carbons (Fsp3) is 0.280. The number of anilines is 1. The van der Waals surface area contributed by atoms with Crippen LogP contribution in [-0.2, 0) is 4.79 Å². The van der Waals surface area contributed by atoms with Crippen LogP contribution in [0.15, 0.2) is 67.1 Å². The van der Waals surface area contributed by atoms with Gasteiger partial charge in [0.05, 0.1) is 6.20 Å². The molecule has 3 atom stereocenters. The minimum absolute atomic E-state index is 0.0993. The molecule has 1 unspecified atom stereocenters. The fourth-order valence-electron chi connectivity index (χ4n) is 4.62. The number of carbonyl (C=O) groups is 1. The topological polar surface area (TPSA) is 71.0 Å². The molecule has 1 aliphatic heterocycles. The van der Waals surface area contributed by atoms with Crippen LogP contribution >= 0.6 is 0 Å². The van der Waals surface area contributed by atoms with Crippen molar-refractivity contribution >= 4 is 17.8 Å². The first-order valence-electron chi connectivity index (χ1n) is 10.9. The summed E-state index contributed by atoms with van der Waals surface area (Å²) in [4.78, 5) is 26.7. The Morgan fingerprint density at radius 2 is 1.94 bits per heavy atom. The second-order valence-corrected chi connectivity index (χ2v) is 8.33. The quantitative estimate of drug-likeness (QED) is 0.582. The van der Waals surface area contributed by atoms with Gasteiger partial charge in [-0.25, -0.2) is 14.4 Å². The van der Waals surface area contributed by atoms with Gasteiger partial charge >= 0.3 is 0 Å². The molecule has 5 rings (SSSR count). The third kappa shape index (κ3) is 4.37. The molecule has 162 valence electrons. The Morgan fingerprint density at radius 3 is 2.69 bits per heavy atom. The van der Waals surface area contributed by atoms with Crippen LogP contribution in [0.4, 0.5) is 10.2 Å². The molecule has 1 saturated carbocycles. The molecule has 32 heavy (non-hydrogen) atoms. The Kier molecular flexibility index (Phi) is 5.62. The van der Waals surface area contributed by atoms with Gasteiger partial charge < -0.3 is 10.2 Å². The number of piperidine rings is 1. The van der Waals surface area contributed by atoms with Gasteiger partial charge in [-0.15, -0.1) is 0 Å². The standard InChI is InChI=1S/C25H24FN5O/c26-22-14-29-24(18-6-2-1-3-7-18)30-25(22)31-15-20-19(21(20)16-31)10-12-28-23(32)9-8-17-5-4-11-27-13-17/h1-9,11,13-14,19-21H,10,12,15-16H2,(H,28,32)/b9-8+/t19?,20-,21+. The van der Waals surface area contributed by atoms with E-state index in [2.05, 4.69) is 20.3 Å². The van der Waals surface area contributed by atoms with Crippen molar-refractivity contribution in [3.63, 3.8) is 0 Å². The van der Waals surface area contributed by atoms with E-state index in [0.29, 0.717) is 35.9 Å². The highest BCUT2D eigenvalue weighted by atomic mass is 19.1. The molecule has 6 nitrogen and oxygen atoms in total. The van der Waals surface area contributed by atoms with E-state index in [4.69, 9.17) is 0 Å². The van der Waals surface area contributed by atoms with E-state index in [-0.39, 0.29) is 11.7 Å². The molecule has 1 aliphatic carbocycles. The first-order valence-corrected chi connectivity index (χ1v) is 10.9. The minimum atomic E-state index is -0.379. The molecule has 0 radical (unpaired) electrons. The average molecular weight is 429 g/mol. The Labute approximate surface area is 186 Å². The first kappa shape index (κ1) is 20.3. The number of rotatable bonds is 7. The summed E-state index contributed by atoms with van der Waals surface area (Å²) >= 11 is 0. The van der Waals surface area contributed by atoms with E-state index in [1.54, 1.807) is 18.5 Å². The van der Waals surface area contributed by atoms with Crippen LogP contribution < -0.4 is 10.2 Å². The van der Waals surface area contributed by atoms with Crippen molar-refractivity contribution < 1.29 is 9.18 Å². The molecule has 1 amide bonds. The van der Waals surface area contributed by atoms with Gasteiger partial charge in [0.25, 0.3) is 0 Å². The second kappa shape index (κ2) is 8.86. The van der Waals surface area contributed by atoms with Gasteiger partial charge in [-0.3, -0.25) is 9.78 Å². The number of nitrogens with zero attached hydrogens (tertiary/aromatic N) is 4. The Bertz CT molecular complexity index is 1110. The lowest BCUT2D eigenvalue weighted by molar-refractivity contribution is -0.116. The number of benzene rings is 1. The summed E-state index contributed by atoms with van der Waals surface area (Å²) in [6.07, 6.45) is 8.91. The van der Waals surface area contributed by atoms with E-state index in [1.807, 2.05) is 47.4 Å². The van der Waals surface area contributed by atoms with E-state index in [0.717, 1.165) is 30.6 Å². The molecule has 1 saturated heterocycles. The number of carbonyl (C=O) groups excluding carboxylic acids is 1. The van der Waals surface area contributed by atoms with E-state index < -0.39 is 0 Å². The third-order valence-electron chi connectivity index (χ3n) is 6.32. The van der Waals surface area contributed by atoms with Crippen molar-refractivity contribution in [2.24, 2.45) is 17.8 Å². The number of pyridine rings is 1. The SMILES string of the molecule is O=C(/C=C/c1cccnc1)NCCC1[C@H]2CN(c3nc(-c4ccccc4)ncc3F)C[C@@H]12. The monoisotopic (exact) mass is 429 g/mol. The summed E-state index contributed by atoms with van der Waals surface area (Å²) in [6.45, 7) is 2.24. The minimum Gasteiger partial charge on any atom is -0.353 e. The molecule has 1 aromatic carbocycles. The van der Waals surface area contributed by atoms with Crippen molar-refractivity contribution in [3.8, 4) is 11.4 Å².